The van der Waals surface area contributed by atoms with E-state index in [1.165, 1.54) is 13.2 Å². The van der Waals surface area contributed by atoms with Crippen molar-refractivity contribution in [3.63, 3.8) is 0 Å². The molecule has 1 heterocycles. The molecule has 0 fully saturated rings. The maximum atomic E-state index is 13.6. The van der Waals surface area contributed by atoms with Crippen molar-refractivity contribution in [1.29, 1.82) is 0 Å². The van der Waals surface area contributed by atoms with Crippen molar-refractivity contribution < 1.29 is 13.9 Å². The lowest BCUT2D eigenvalue weighted by atomic mass is 9.86. The fraction of sp³-hybridized carbons (Fsp3) is 0.462. The van der Waals surface area contributed by atoms with E-state index in [0.29, 0.717) is 24.3 Å². The third kappa shape index (κ3) is 2.00. The molecule has 2 rings (SSSR count). The molecule has 0 bridgehead atoms. The Labute approximate surface area is 106 Å². The summed E-state index contributed by atoms with van der Waals surface area (Å²) < 4.78 is 18.5. The second kappa shape index (κ2) is 4.48. The summed E-state index contributed by atoms with van der Waals surface area (Å²) in [6.45, 7) is 4.35. The molecule has 1 unspecified atom stereocenters. The number of amides is 1. The van der Waals surface area contributed by atoms with Crippen LogP contribution in [0.1, 0.15) is 20.3 Å². The SMILES string of the molecule is CCC1(C)CNc2cc(OC)c(F)cc2NC1=O. The Balaban J connectivity index is 2.41. The summed E-state index contributed by atoms with van der Waals surface area (Å²) in [7, 11) is 1.41. The number of halogens is 1. The highest BCUT2D eigenvalue weighted by molar-refractivity contribution is 5.99. The summed E-state index contributed by atoms with van der Waals surface area (Å²) in [6, 6.07) is 2.84. The molecule has 0 radical (unpaired) electrons. The number of carbonyl (C=O) groups excluding carboxylic acids is 1. The van der Waals surface area contributed by atoms with Crippen LogP contribution in [0.15, 0.2) is 12.1 Å². The molecule has 0 saturated carbocycles. The van der Waals surface area contributed by atoms with Crippen molar-refractivity contribution in [2.75, 3.05) is 24.3 Å². The summed E-state index contributed by atoms with van der Waals surface area (Å²) in [5.74, 6) is -0.421. The largest absolute Gasteiger partial charge is 0.494 e. The van der Waals surface area contributed by atoms with Gasteiger partial charge in [0.1, 0.15) is 0 Å². The number of hydrogen-bond donors (Lipinski definition) is 2. The van der Waals surface area contributed by atoms with Crippen LogP contribution >= 0.6 is 0 Å². The van der Waals surface area contributed by atoms with E-state index in [1.54, 1.807) is 6.07 Å². The van der Waals surface area contributed by atoms with Crippen LogP contribution in [-0.2, 0) is 4.79 Å². The molecule has 0 aliphatic carbocycles. The molecule has 0 spiro atoms. The van der Waals surface area contributed by atoms with Crippen molar-refractivity contribution >= 4 is 17.3 Å². The summed E-state index contributed by atoms with van der Waals surface area (Å²) in [6.07, 6.45) is 0.708. The molecule has 1 aliphatic rings. The number of hydrogen-bond acceptors (Lipinski definition) is 3. The van der Waals surface area contributed by atoms with Gasteiger partial charge >= 0.3 is 0 Å². The van der Waals surface area contributed by atoms with Crippen LogP contribution < -0.4 is 15.4 Å². The third-order valence-electron chi connectivity index (χ3n) is 3.54. The predicted molar refractivity (Wildman–Crippen MR) is 68.5 cm³/mol. The molecule has 18 heavy (non-hydrogen) atoms. The topological polar surface area (TPSA) is 50.4 Å². The number of fused-ring (bicyclic) bond motifs is 1. The lowest BCUT2D eigenvalue weighted by Gasteiger charge is -2.23. The summed E-state index contributed by atoms with van der Waals surface area (Å²) >= 11 is 0. The van der Waals surface area contributed by atoms with E-state index < -0.39 is 11.2 Å². The van der Waals surface area contributed by atoms with Gasteiger partial charge in [-0.2, -0.15) is 0 Å². The smallest absolute Gasteiger partial charge is 0.232 e. The van der Waals surface area contributed by atoms with E-state index in [2.05, 4.69) is 10.6 Å². The number of methoxy groups -OCH3 is 1. The van der Waals surface area contributed by atoms with Gasteiger partial charge in [-0.3, -0.25) is 4.79 Å². The van der Waals surface area contributed by atoms with Gasteiger partial charge in [-0.25, -0.2) is 4.39 Å². The molecule has 0 saturated heterocycles. The van der Waals surface area contributed by atoms with Gasteiger partial charge in [0.25, 0.3) is 0 Å². The number of ether oxygens (including phenoxy) is 1. The molecule has 1 amide bonds. The van der Waals surface area contributed by atoms with Gasteiger partial charge < -0.3 is 15.4 Å². The Morgan fingerprint density at radius 1 is 1.44 bits per heavy atom. The zero-order valence-electron chi connectivity index (χ0n) is 10.8. The number of rotatable bonds is 2. The maximum Gasteiger partial charge on any atom is 0.232 e. The van der Waals surface area contributed by atoms with E-state index in [1.807, 2.05) is 13.8 Å². The average molecular weight is 252 g/mol. The minimum absolute atomic E-state index is 0.0965. The second-order valence-corrected chi connectivity index (χ2v) is 4.75. The minimum Gasteiger partial charge on any atom is -0.494 e. The van der Waals surface area contributed by atoms with Crippen molar-refractivity contribution in [2.24, 2.45) is 5.41 Å². The van der Waals surface area contributed by atoms with Crippen LogP contribution in [0.25, 0.3) is 0 Å². The molecule has 0 aromatic heterocycles. The Kier molecular flexibility index (Phi) is 3.15. The fourth-order valence-corrected chi connectivity index (χ4v) is 1.89. The lowest BCUT2D eigenvalue weighted by molar-refractivity contribution is -0.124. The standard InChI is InChI=1S/C13H17FN2O2/c1-4-13(2)7-15-9-6-11(18-3)8(14)5-10(9)16-12(13)17/h5-6,15H,4,7H2,1-3H3,(H,16,17). The van der Waals surface area contributed by atoms with Gasteiger partial charge in [-0.05, 0) is 13.3 Å². The summed E-state index contributed by atoms with van der Waals surface area (Å²) in [4.78, 5) is 12.1. The molecule has 5 heteroatoms. The van der Waals surface area contributed by atoms with Crippen LogP contribution in [0, 0.1) is 11.2 Å². The molecule has 98 valence electrons. The third-order valence-corrected chi connectivity index (χ3v) is 3.54. The monoisotopic (exact) mass is 252 g/mol. The van der Waals surface area contributed by atoms with E-state index in [0.717, 1.165) is 0 Å². The van der Waals surface area contributed by atoms with Gasteiger partial charge in [0.05, 0.1) is 23.9 Å². The normalized spacial score (nSPS) is 22.6. The number of nitrogens with one attached hydrogen (secondary N) is 2. The lowest BCUT2D eigenvalue weighted by Crippen LogP contribution is -2.36. The summed E-state index contributed by atoms with van der Waals surface area (Å²) in [5, 5.41) is 5.93. The van der Waals surface area contributed by atoms with Crippen molar-refractivity contribution in [2.45, 2.75) is 20.3 Å². The maximum absolute atomic E-state index is 13.6. The highest BCUT2D eigenvalue weighted by Crippen LogP contribution is 2.35. The second-order valence-electron chi connectivity index (χ2n) is 4.75. The fourth-order valence-electron chi connectivity index (χ4n) is 1.89. The highest BCUT2D eigenvalue weighted by Gasteiger charge is 2.34. The number of anilines is 2. The molecule has 1 aromatic carbocycles. The van der Waals surface area contributed by atoms with E-state index in [-0.39, 0.29) is 11.7 Å². The molecular formula is C13H17FN2O2. The van der Waals surface area contributed by atoms with Gasteiger partial charge in [-0.1, -0.05) is 6.92 Å². The molecular weight excluding hydrogens is 235 g/mol. The minimum atomic E-state index is -0.497. The van der Waals surface area contributed by atoms with Gasteiger partial charge in [-0.15, -0.1) is 0 Å². The summed E-state index contributed by atoms with van der Waals surface area (Å²) in [5.41, 5.74) is 0.636. The first-order valence-electron chi connectivity index (χ1n) is 5.93. The Hall–Kier alpha value is -1.78. The van der Waals surface area contributed by atoms with Gasteiger partial charge in [0.2, 0.25) is 5.91 Å². The Bertz CT molecular complexity index is 490. The molecule has 4 nitrogen and oxygen atoms in total. The first-order chi connectivity index (χ1) is 8.50. The first kappa shape index (κ1) is 12.7. The van der Waals surface area contributed by atoms with E-state index in [9.17, 15) is 9.18 Å². The van der Waals surface area contributed by atoms with Gasteiger partial charge in [0, 0.05) is 18.7 Å². The first-order valence-corrected chi connectivity index (χ1v) is 5.93. The number of benzene rings is 1. The van der Waals surface area contributed by atoms with E-state index in [4.69, 9.17) is 4.74 Å². The average Bonchev–Trinajstić information content (AvgIpc) is 2.47. The van der Waals surface area contributed by atoms with Crippen molar-refractivity contribution in [3.05, 3.63) is 17.9 Å². The molecule has 1 atom stereocenters. The Morgan fingerprint density at radius 2 is 2.17 bits per heavy atom. The van der Waals surface area contributed by atoms with Crippen LogP contribution in [0.3, 0.4) is 0 Å². The predicted octanol–water partition coefficient (Wildman–Crippen LogP) is 2.61. The van der Waals surface area contributed by atoms with E-state index >= 15 is 0 Å². The molecule has 2 N–H and O–H groups in total. The van der Waals surface area contributed by atoms with Crippen LogP contribution in [0.4, 0.5) is 15.8 Å². The van der Waals surface area contributed by atoms with Crippen LogP contribution in [0.2, 0.25) is 0 Å². The zero-order valence-corrected chi connectivity index (χ0v) is 10.8. The van der Waals surface area contributed by atoms with Gasteiger partial charge in [0.15, 0.2) is 11.6 Å². The van der Waals surface area contributed by atoms with Crippen LogP contribution in [-0.4, -0.2) is 19.6 Å². The zero-order chi connectivity index (χ0) is 13.3. The number of carbonyl (C=O) groups is 1. The van der Waals surface area contributed by atoms with Crippen molar-refractivity contribution in [1.82, 2.24) is 0 Å². The van der Waals surface area contributed by atoms with Crippen LogP contribution in [0.5, 0.6) is 5.75 Å². The highest BCUT2D eigenvalue weighted by atomic mass is 19.1. The Morgan fingerprint density at radius 3 is 2.78 bits per heavy atom. The quantitative estimate of drug-likeness (QED) is 0.850. The molecule has 1 aromatic rings. The molecule has 1 aliphatic heterocycles. The van der Waals surface area contributed by atoms with Crippen molar-refractivity contribution in [3.8, 4) is 5.75 Å².